The molecule has 1 atom stereocenters. The van der Waals surface area contributed by atoms with Crippen molar-refractivity contribution < 1.29 is 29.3 Å². The number of carbonyl (C=O) groups is 2. The molecule has 6 heteroatoms. The van der Waals surface area contributed by atoms with Gasteiger partial charge >= 0.3 is 11.9 Å². The minimum Gasteiger partial charge on any atom is -0.481 e. The number of hydrogen-bond acceptors (Lipinski definition) is 4. The molecule has 0 amide bonds. The van der Waals surface area contributed by atoms with E-state index < -0.39 is 11.9 Å². The monoisotopic (exact) mass is 466 g/mol. The topological polar surface area (TPSA) is 93.1 Å². The molecule has 4 rings (SSSR count). The Hall–Kier alpha value is -2.96. The van der Waals surface area contributed by atoms with E-state index in [1.54, 1.807) is 0 Å². The Morgan fingerprint density at radius 2 is 1.29 bits per heavy atom. The molecular weight excluding hydrogens is 432 g/mol. The lowest BCUT2D eigenvalue weighted by Gasteiger charge is -2.32. The number of rotatable bonds is 12. The van der Waals surface area contributed by atoms with Crippen LogP contribution in [0.4, 0.5) is 0 Å². The van der Waals surface area contributed by atoms with E-state index in [-0.39, 0.29) is 5.92 Å². The first-order valence-electron chi connectivity index (χ1n) is 11.9. The minimum absolute atomic E-state index is 0.103. The average molecular weight is 467 g/mol. The van der Waals surface area contributed by atoms with Crippen molar-refractivity contribution in [2.24, 2.45) is 17.8 Å². The van der Waals surface area contributed by atoms with E-state index in [4.69, 9.17) is 19.7 Å². The largest absolute Gasteiger partial charge is 0.481 e. The van der Waals surface area contributed by atoms with Gasteiger partial charge in [0.2, 0.25) is 0 Å². The van der Waals surface area contributed by atoms with Crippen LogP contribution in [0.2, 0.25) is 0 Å². The van der Waals surface area contributed by atoms with E-state index in [9.17, 15) is 9.59 Å². The summed E-state index contributed by atoms with van der Waals surface area (Å²) in [7, 11) is 0. The standard InChI is InChI=1S/C14H18O3.C14H16O3/c2*15-14(16)13-8-12(9-13)6-7-17-10-11-4-2-1-3-5-11/h1-5,12-13H,6-10H2,(H,15,16);1-5,8,12H,6-7,9-10H2,(H,15,16). The van der Waals surface area contributed by atoms with Gasteiger partial charge in [-0.2, -0.15) is 0 Å². The first-order chi connectivity index (χ1) is 16.5. The van der Waals surface area contributed by atoms with Gasteiger partial charge in [0, 0.05) is 18.8 Å². The highest BCUT2D eigenvalue weighted by Gasteiger charge is 2.33. The Bertz CT molecular complexity index is 918. The number of hydrogen-bond donors (Lipinski definition) is 2. The van der Waals surface area contributed by atoms with Crippen LogP contribution in [0.5, 0.6) is 0 Å². The fraction of sp³-hybridized carbons (Fsp3) is 0.429. The number of allylic oxidation sites excluding steroid dienone is 1. The summed E-state index contributed by atoms with van der Waals surface area (Å²) in [6, 6.07) is 20.1. The molecule has 0 radical (unpaired) electrons. The van der Waals surface area contributed by atoms with Crippen LogP contribution in [-0.2, 0) is 32.3 Å². The van der Waals surface area contributed by atoms with Gasteiger partial charge in [-0.1, -0.05) is 66.7 Å². The van der Waals surface area contributed by atoms with Gasteiger partial charge in [0.05, 0.1) is 19.1 Å². The van der Waals surface area contributed by atoms with Crippen molar-refractivity contribution in [3.05, 3.63) is 83.4 Å². The quantitative estimate of drug-likeness (QED) is 0.411. The van der Waals surface area contributed by atoms with Gasteiger partial charge in [0.25, 0.3) is 0 Å². The highest BCUT2D eigenvalue weighted by atomic mass is 16.5. The van der Waals surface area contributed by atoms with Gasteiger partial charge < -0.3 is 19.7 Å². The van der Waals surface area contributed by atoms with E-state index in [1.165, 1.54) is 11.1 Å². The van der Waals surface area contributed by atoms with Crippen LogP contribution >= 0.6 is 0 Å². The van der Waals surface area contributed by atoms with Crippen molar-refractivity contribution in [1.82, 2.24) is 0 Å². The zero-order chi connectivity index (χ0) is 24.2. The van der Waals surface area contributed by atoms with Gasteiger partial charge in [-0.05, 0) is 55.1 Å². The lowest BCUT2D eigenvalue weighted by Crippen LogP contribution is -2.30. The van der Waals surface area contributed by atoms with E-state index in [0.29, 0.717) is 43.7 Å². The molecule has 2 aliphatic rings. The number of aliphatic carboxylic acids is 2. The van der Waals surface area contributed by atoms with Crippen molar-refractivity contribution >= 4 is 11.9 Å². The van der Waals surface area contributed by atoms with Gasteiger partial charge in [-0.3, -0.25) is 4.79 Å². The first-order valence-corrected chi connectivity index (χ1v) is 11.9. The van der Waals surface area contributed by atoms with Gasteiger partial charge in [-0.15, -0.1) is 0 Å². The van der Waals surface area contributed by atoms with Crippen molar-refractivity contribution in [2.45, 2.75) is 45.3 Å². The third kappa shape index (κ3) is 8.76. The molecule has 2 aliphatic carbocycles. The highest BCUT2D eigenvalue weighted by molar-refractivity contribution is 5.88. The van der Waals surface area contributed by atoms with Crippen molar-refractivity contribution in [1.29, 1.82) is 0 Å². The molecule has 0 aliphatic heterocycles. The molecule has 182 valence electrons. The van der Waals surface area contributed by atoms with Gasteiger partial charge in [-0.25, -0.2) is 4.79 Å². The van der Waals surface area contributed by atoms with Crippen molar-refractivity contribution in [3.63, 3.8) is 0 Å². The van der Waals surface area contributed by atoms with Crippen molar-refractivity contribution in [3.8, 4) is 0 Å². The number of carboxylic acid groups (broad SMARTS) is 2. The molecule has 0 saturated heterocycles. The van der Waals surface area contributed by atoms with Crippen LogP contribution < -0.4 is 0 Å². The number of benzene rings is 2. The fourth-order valence-corrected chi connectivity index (χ4v) is 4.06. The number of ether oxygens (including phenoxy) is 2. The maximum absolute atomic E-state index is 10.6. The van der Waals surface area contributed by atoms with Crippen LogP contribution in [0.15, 0.2) is 72.3 Å². The number of carboxylic acids is 2. The Labute approximate surface area is 201 Å². The van der Waals surface area contributed by atoms with Gasteiger partial charge in [0.1, 0.15) is 0 Å². The summed E-state index contributed by atoms with van der Waals surface area (Å²) >= 11 is 0. The smallest absolute Gasteiger partial charge is 0.331 e. The third-order valence-corrected chi connectivity index (χ3v) is 6.31. The molecular formula is C28H34O6. The van der Waals surface area contributed by atoms with E-state index in [0.717, 1.165) is 32.3 Å². The predicted molar refractivity (Wildman–Crippen MR) is 129 cm³/mol. The summed E-state index contributed by atoms with van der Waals surface area (Å²) in [5.74, 6) is -0.601. The summed E-state index contributed by atoms with van der Waals surface area (Å²) in [5, 5.41) is 17.4. The lowest BCUT2D eigenvalue weighted by atomic mass is 9.73. The molecule has 1 fully saturated rings. The Kier molecular flexibility index (Phi) is 10.3. The molecule has 1 saturated carbocycles. The summed E-state index contributed by atoms with van der Waals surface area (Å²) in [5.41, 5.74) is 2.89. The van der Waals surface area contributed by atoms with Crippen LogP contribution in [-0.4, -0.2) is 35.4 Å². The zero-order valence-electron chi connectivity index (χ0n) is 19.5. The second-order valence-corrected chi connectivity index (χ2v) is 8.99. The molecule has 0 heterocycles. The van der Waals surface area contributed by atoms with Crippen LogP contribution in [0.3, 0.4) is 0 Å². The predicted octanol–water partition coefficient (Wildman–Crippen LogP) is 5.33. The Morgan fingerprint density at radius 1 is 0.794 bits per heavy atom. The molecule has 6 nitrogen and oxygen atoms in total. The molecule has 2 aromatic carbocycles. The van der Waals surface area contributed by atoms with Gasteiger partial charge in [0.15, 0.2) is 0 Å². The van der Waals surface area contributed by atoms with Crippen LogP contribution in [0.25, 0.3) is 0 Å². The fourth-order valence-electron chi connectivity index (χ4n) is 4.06. The highest BCUT2D eigenvalue weighted by Crippen LogP contribution is 2.36. The summed E-state index contributed by atoms with van der Waals surface area (Å²) in [6.07, 6.45) is 6.05. The summed E-state index contributed by atoms with van der Waals surface area (Å²) in [6.45, 7) is 2.69. The second kappa shape index (κ2) is 13.7. The molecule has 2 N–H and O–H groups in total. The lowest BCUT2D eigenvalue weighted by molar-refractivity contribution is -0.146. The summed E-state index contributed by atoms with van der Waals surface area (Å²) < 4.78 is 11.1. The summed E-state index contributed by atoms with van der Waals surface area (Å²) in [4.78, 5) is 21.2. The molecule has 0 spiro atoms. The molecule has 2 aromatic rings. The third-order valence-electron chi connectivity index (χ3n) is 6.31. The maximum atomic E-state index is 10.6. The van der Waals surface area contributed by atoms with Crippen LogP contribution in [0.1, 0.15) is 43.2 Å². The average Bonchev–Trinajstić information content (AvgIpc) is 2.77. The minimum atomic E-state index is -0.786. The molecule has 1 unspecified atom stereocenters. The van der Waals surface area contributed by atoms with Crippen molar-refractivity contribution in [2.75, 3.05) is 13.2 Å². The Morgan fingerprint density at radius 3 is 1.76 bits per heavy atom. The second-order valence-electron chi connectivity index (χ2n) is 8.99. The Balaban J connectivity index is 0.000000191. The molecule has 0 bridgehead atoms. The maximum Gasteiger partial charge on any atom is 0.331 e. The van der Waals surface area contributed by atoms with E-state index >= 15 is 0 Å². The molecule has 34 heavy (non-hydrogen) atoms. The van der Waals surface area contributed by atoms with E-state index in [1.807, 2.05) is 66.7 Å². The SMILES string of the molecule is O=C(O)C1=CC(CCOCc2ccccc2)C1.O=C(O)C1CC(CCOCc2ccccc2)C1. The first kappa shape index (κ1) is 25.7. The normalized spacial score (nSPS) is 20.7. The van der Waals surface area contributed by atoms with Crippen LogP contribution in [0, 0.1) is 17.8 Å². The molecule has 0 aromatic heterocycles. The zero-order valence-corrected chi connectivity index (χ0v) is 19.5. The van der Waals surface area contributed by atoms with E-state index in [2.05, 4.69) is 0 Å².